The molecule has 0 spiro atoms. The van der Waals surface area contributed by atoms with Crippen molar-refractivity contribution in [1.29, 1.82) is 0 Å². The second kappa shape index (κ2) is 9.49. The van der Waals surface area contributed by atoms with Gasteiger partial charge in [-0.3, -0.25) is 14.4 Å². The van der Waals surface area contributed by atoms with Crippen LogP contribution in [0.1, 0.15) is 68.2 Å². The molecular weight excluding hydrogens is 414 g/mol. The highest BCUT2D eigenvalue weighted by molar-refractivity contribution is 6.00. The van der Waals surface area contributed by atoms with Crippen LogP contribution in [0.4, 0.5) is 4.79 Å². The van der Waals surface area contributed by atoms with Crippen molar-refractivity contribution < 1.29 is 33.4 Å². The van der Waals surface area contributed by atoms with Crippen LogP contribution < -0.4 is 5.32 Å². The SMILES string of the molecule is CC[C@H]1OC(=O)[C@H](C)C(=O)[C@H](C)[C@@H](C)[C@](C)(OC)C[C@@H](C)C(=O)[C@H](C)[C@H]2NC(=O)O[C@@]21C. The first-order chi connectivity index (χ1) is 14.7. The number of cyclic esters (lactones) is 1. The molecule has 2 aliphatic heterocycles. The number of hydrogen-bond acceptors (Lipinski definition) is 7. The van der Waals surface area contributed by atoms with Crippen molar-refractivity contribution in [2.45, 2.75) is 91.6 Å². The highest BCUT2D eigenvalue weighted by Crippen LogP contribution is 2.39. The average Bonchev–Trinajstić information content (AvgIpc) is 3.07. The Hall–Kier alpha value is -1.96. The fourth-order valence-electron chi connectivity index (χ4n) is 5.36. The van der Waals surface area contributed by atoms with Crippen LogP contribution in [-0.2, 0) is 28.6 Å². The number of alkyl carbamates (subject to hydrolysis) is 1. The summed E-state index contributed by atoms with van der Waals surface area (Å²) in [6.45, 7) is 14.2. The number of carbonyl (C=O) groups is 4. The molecule has 0 aliphatic carbocycles. The molecule has 0 aromatic rings. The molecule has 0 aromatic carbocycles. The standard InChI is InChI=1S/C24H39NO7/c1-10-17-24(8)20(25-22(29)32-24)14(4)18(26)12(2)11-23(7,30-9)16(6)13(3)19(27)15(5)21(28)31-17/h12-17,20H,10-11H2,1-9H3,(H,25,29)/t12-,13-,14+,15-,16-,17-,20-,23-,24-/m1/s1. The van der Waals surface area contributed by atoms with Crippen LogP contribution in [0.2, 0.25) is 0 Å². The van der Waals surface area contributed by atoms with Gasteiger partial charge in [-0.2, -0.15) is 0 Å². The van der Waals surface area contributed by atoms with Gasteiger partial charge in [-0.15, -0.1) is 0 Å². The molecule has 2 saturated heterocycles. The molecule has 0 saturated carbocycles. The number of fused-ring (bicyclic) bond motifs is 1. The van der Waals surface area contributed by atoms with E-state index in [2.05, 4.69) is 5.32 Å². The number of Topliss-reactive ketones (excluding diaryl/α,β-unsaturated/α-hetero) is 2. The van der Waals surface area contributed by atoms with E-state index in [-0.39, 0.29) is 23.4 Å². The summed E-state index contributed by atoms with van der Waals surface area (Å²) in [6, 6.07) is -0.679. The maximum absolute atomic E-state index is 13.4. The van der Waals surface area contributed by atoms with Crippen LogP contribution in [-0.4, -0.2) is 54.1 Å². The van der Waals surface area contributed by atoms with E-state index >= 15 is 0 Å². The monoisotopic (exact) mass is 453 g/mol. The lowest BCUT2D eigenvalue weighted by Gasteiger charge is -2.42. The largest absolute Gasteiger partial charge is 0.458 e. The Morgan fingerprint density at radius 1 is 1.00 bits per heavy atom. The first-order valence-electron chi connectivity index (χ1n) is 11.6. The molecule has 0 aromatic heterocycles. The molecule has 1 N–H and O–H groups in total. The first-order valence-corrected chi connectivity index (χ1v) is 11.6. The third kappa shape index (κ3) is 4.56. The highest BCUT2D eigenvalue weighted by Gasteiger charge is 2.56. The van der Waals surface area contributed by atoms with Gasteiger partial charge in [0.05, 0.1) is 11.6 Å². The topological polar surface area (TPSA) is 108 Å². The summed E-state index contributed by atoms with van der Waals surface area (Å²) >= 11 is 0. The van der Waals surface area contributed by atoms with Crippen LogP contribution in [0.3, 0.4) is 0 Å². The lowest BCUT2D eigenvalue weighted by Crippen LogP contribution is -2.57. The lowest BCUT2D eigenvalue weighted by molar-refractivity contribution is -0.171. The molecule has 2 rings (SSSR count). The van der Waals surface area contributed by atoms with Gasteiger partial charge in [0.25, 0.3) is 0 Å². The second-order valence-electron chi connectivity index (χ2n) is 10.0. The van der Waals surface area contributed by atoms with Crippen molar-refractivity contribution in [2.24, 2.45) is 29.6 Å². The number of carbonyl (C=O) groups excluding carboxylic acids is 4. The van der Waals surface area contributed by atoms with Crippen LogP contribution in [0.5, 0.6) is 0 Å². The normalized spacial score (nSPS) is 44.2. The van der Waals surface area contributed by atoms with E-state index in [1.54, 1.807) is 34.8 Å². The van der Waals surface area contributed by atoms with Crippen LogP contribution in [0.15, 0.2) is 0 Å². The first kappa shape index (κ1) is 26.3. The molecule has 0 unspecified atom stereocenters. The van der Waals surface area contributed by atoms with Crippen molar-refractivity contribution in [2.75, 3.05) is 7.11 Å². The molecule has 32 heavy (non-hydrogen) atoms. The lowest BCUT2D eigenvalue weighted by atomic mass is 9.71. The number of nitrogens with one attached hydrogen (secondary N) is 1. The van der Waals surface area contributed by atoms with Crippen molar-refractivity contribution in [3.8, 4) is 0 Å². The number of rotatable bonds is 2. The van der Waals surface area contributed by atoms with Gasteiger partial charge in [-0.05, 0) is 39.5 Å². The summed E-state index contributed by atoms with van der Waals surface area (Å²) in [7, 11) is 1.57. The highest BCUT2D eigenvalue weighted by atomic mass is 16.6. The summed E-state index contributed by atoms with van der Waals surface area (Å²) in [4.78, 5) is 51.8. The minimum Gasteiger partial charge on any atom is -0.458 e. The molecule has 0 radical (unpaired) electrons. The number of ether oxygens (including phenoxy) is 3. The van der Waals surface area contributed by atoms with E-state index in [4.69, 9.17) is 14.2 Å². The Bertz CT molecular complexity index is 767. The maximum Gasteiger partial charge on any atom is 0.408 e. The van der Waals surface area contributed by atoms with Crippen LogP contribution in [0, 0.1) is 29.6 Å². The molecule has 2 aliphatic rings. The molecule has 8 nitrogen and oxygen atoms in total. The van der Waals surface area contributed by atoms with Crippen molar-refractivity contribution in [1.82, 2.24) is 5.32 Å². The zero-order valence-electron chi connectivity index (χ0n) is 20.8. The number of ketones is 2. The number of hydrogen-bond donors (Lipinski definition) is 1. The Kier molecular flexibility index (Phi) is 7.80. The zero-order valence-corrected chi connectivity index (χ0v) is 20.8. The Morgan fingerprint density at radius 2 is 1.59 bits per heavy atom. The Balaban J connectivity index is 2.57. The quantitative estimate of drug-likeness (QED) is 0.505. The minimum atomic E-state index is -1.24. The van der Waals surface area contributed by atoms with Gasteiger partial charge < -0.3 is 19.5 Å². The van der Waals surface area contributed by atoms with Crippen LogP contribution in [0.25, 0.3) is 0 Å². The van der Waals surface area contributed by atoms with E-state index in [1.165, 1.54) is 0 Å². The van der Waals surface area contributed by atoms with Gasteiger partial charge in [0.2, 0.25) is 0 Å². The molecule has 0 bridgehead atoms. The maximum atomic E-state index is 13.4. The van der Waals surface area contributed by atoms with E-state index in [9.17, 15) is 19.2 Å². The molecule has 8 heteroatoms. The Morgan fingerprint density at radius 3 is 2.12 bits per heavy atom. The predicted molar refractivity (Wildman–Crippen MR) is 118 cm³/mol. The number of amides is 1. The third-order valence-electron chi connectivity index (χ3n) is 8.03. The fourth-order valence-corrected chi connectivity index (χ4v) is 5.36. The molecule has 2 fully saturated rings. The summed E-state index contributed by atoms with van der Waals surface area (Å²) in [6.07, 6.45) is -0.699. The van der Waals surface area contributed by atoms with Gasteiger partial charge in [0.1, 0.15) is 23.6 Å². The zero-order chi connectivity index (χ0) is 24.6. The smallest absolute Gasteiger partial charge is 0.408 e. The summed E-state index contributed by atoms with van der Waals surface area (Å²) in [5, 5.41) is 2.76. The van der Waals surface area contributed by atoms with Gasteiger partial charge in [0, 0.05) is 24.9 Å². The molecule has 182 valence electrons. The predicted octanol–water partition coefficient (Wildman–Crippen LogP) is 3.30. The van der Waals surface area contributed by atoms with Crippen molar-refractivity contribution >= 4 is 23.6 Å². The van der Waals surface area contributed by atoms with Gasteiger partial charge in [-0.1, -0.05) is 34.6 Å². The molecule has 9 atom stereocenters. The van der Waals surface area contributed by atoms with E-state index < -0.39 is 53.2 Å². The second-order valence-corrected chi connectivity index (χ2v) is 10.0. The van der Waals surface area contributed by atoms with Gasteiger partial charge in [0.15, 0.2) is 5.60 Å². The van der Waals surface area contributed by atoms with E-state index in [1.807, 2.05) is 27.7 Å². The molecule has 1 amide bonds. The minimum absolute atomic E-state index is 0.0481. The fraction of sp³-hybridized carbons (Fsp3) is 0.833. The molecule has 2 heterocycles. The molecular formula is C24H39NO7. The van der Waals surface area contributed by atoms with Crippen molar-refractivity contribution in [3.05, 3.63) is 0 Å². The number of methoxy groups -OCH3 is 1. The summed E-state index contributed by atoms with van der Waals surface area (Å²) in [5.74, 6) is -3.62. The van der Waals surface area contributed by atoms with Gasteiger partial charge in [-0.25, -0.2) is 4.79 Å². The van der Waals surface area contributed by atoms with E-state index in [0.29, 0.717) is 12.8 Å². The summed E-state index contributed by atoms with van der Waals surface area (Å²) < 4.78 is 17.2. The third-order valence-corrected chi connectivity index (χ3v) is 8.03. The number of esters is 1. The van der Waals surface area contributed by atoms with Gasteiger partial charge >= 0.3 is 12.1 Å². The van der Waals surface area contributed by atoms with E-state index in [0.717, 1.165) is 0 Å². The summed E-state index contributed by atoms with van der Waals surface area (Å²) in [5.41, 5.74) is -2.01. The van der Waals surface area contributed by atoms with Crippen LogP contribution >= 0.6 is 0 Å². The Labute approximate surface area is 191 Å². The average molecular weight is 454 g/mol. The van der Waals surface area contributed by atoms with Crippen molar-refractivity contribution in [3.63, 3.8) is 0 Å².